The van der Waals surface area contributed by atoms with E-state index in [9.17, 15) is 19.5 Å². The normalized spacial score (nSPS) is 21.8. The van der Waals surface area contributed by atoms with Crippen molar-refractivity contribution in [3.8, 4) is 0 Å². The van der Waals surface area contributed by atoms with Crippen molar-refractivity contribution in [1.29, 1.82) is 0 Å². The van der Waals surface area contributed by atoms with Gasteiger partial charge in [0, 0.05) is 6.54 Å². The van der Waals surface area contributed by atoms with Gasteiger partial charge in [0.25, 0.3) is 0 Å². The summed E-state index contributed by atoms with van der Waals surface area (Å²) >= 11 is 0. The molecule has 8 heteroatoms. The Bertz CT molecular complexity index is 452. The Morgan fingerprint density at radius 1 is 1.30 bits per heavy atom. The molecule has 1 heterocycles. The topological polar surface area (TPSA) is 133 Å². The molecule has 4 atom stereocenters. The number of hydrogen-bond acceptors (Lipinski definition) is 5. The molecule has 0 aromatic heterocycles. The molecule has 0 aliphatic carbocycles. The highest BCUT2D eigenvalue weighted by Gasteiger charge is 2.39. The molecule has 23 heavy (non-hydrogen) atoms. The van der Waals surface area contributed by atoms with Crippen molar-refractivity contribution < 1.29 is 24.6 Å². The number of carbonyl (C=O) groups is 3. The number of nitrogens with zero attached hydrogens (tertiary/aromatic N) is 1. The maximum Gasteiger partial charge on any atom is 0.326 e. The minimum atomic E-state index is -1.19. The monoisotopic (exact) mass is 329 g/mol. The third-order valence-corrected chi connectivity index (χ3v) is 3.93. The Labute approximate surface area is 136 Å². The summed E-state index contributed by atoms with van der Waals surface area (Å²) < 4.78 is 0. The third kappa shape index (κ3) is 5.18. The molecular formula is C15H27N3O5. The standard InChI is InChI=1S/C15H27N3O5/c1-8(2)7-10(16)13(20)17-12(9(3)19)14(21)18-6-4-5-11(18)15(22)23/h8-12,19H,4-7,16H2,1-3H3,(H,17,20)(H,22,23)/t9-,10+,11-,12+/m1/s1. The summed E-state index contributed by atoms with van der Waals surface area (Å²) in [7, 11) is 0. The Morgan fingerprint density at radius 3 is 2.39 bits per heavy atom. The van der Waals surface area contributed by atoms with Crippen LogP contribution in [-0.2, 0) is 14.4 Å². The molecule has 5 N–H and O–H groups in total. The van der Waals surface area contributed by atoms with E-state index in [4.69, 9.17) is 10.8 Å². The molecular weight excluding hydrogens is 302 g/mol. The molecule has 1 rings (SSSR count). The van der Waals surface area contributed by atoms with Crippen LogP contribution in [0.4, 0.5) is 0 Å². The lowest BCUT2D eigenvalue weighted by molar-refractivity contribution is -0.150. The van der Waals surface area contributed by atoms with E-state index in [2.05, 4.69) is 5.32 Å². The summed E-state index contributed by atoms with van der Waals surface area (Å²) in [6.45, 7) is 5.52. The molecule has 0 radical (unpaired) electrons. The van der Waals surface area contributed by atoms with E-state index in [-0.39, 0.29) is 5.92 Å². The van der Waals surface area contributed by atoms with Crippen molar-refractivity contribution in [2.24, 2.45) is 11.7 Å². The number of amides is 2. The minimum Gasteiger partial charge on any atom is -0.480 e. The summed E-state index contributed by atoms with van der Waals surface area (Å²) in [6, 6.07) is -2.89. The number of nitrogens with two attached hydrogens (primary N) is 1. The molecule has 1 aliphatic heterocycles. The van der Waals surface area contributed by atoms with Crippen LogP contribution >= 0.6 is 0 Å². The van der Waals surface area contributed by atoms with Crippen LogP contribution in [0.2, 0.25) is 0 Å². The maximum absolute atomic E-state index is 12.5. The summed E-state index contributed by atoms with van der Waals surface area (Å²) in [6.07, 6.45) is 0.256. The zero-order chi connectivity index (χ0) is 17.7. The van der Waals surface area contributed by atoms with Gasteiger partial charge in [0.2, 0.25) is 11.8 Å². The first kappa shape index (κ1) is 19.4. The highest BCUT2D eigenvalue weighted by molar-refractivity contribution is 5.92. The van der Waals surface area contributed by atoms with Crippen molar-refractivity contribution in [3.63, 3.8) is 0 Å². The van der Waals surface area contributed by atoms with E-state index in [0.717, 1.165) is 0 Å². The lowest BCUT2D eigenvalue weighted by Crippen LogP contribution is -2.58. The highest BCUT2D eigenvalue weighted by atomic mass is 16.4. The number of aliphatic hydroxyl groups excluding tert-OH is 1. The fourth-order valence-corrected chi connectivity index (χ4v) is 2.73. The second-order valence-corrected chi connectivity index (χ2v) is 6.49. The predicted octanol–water partition coefficient (Wildman–Crippen LogP) is -0.699. The van der Waals surface area contributed by atoms with E-state index < -0.39 is 42.0 Å². The maximum atomic E-state index is 12.5. The molecule has 1 fully saturated rings. The van der Waals surface area contributed by atoms with Crippen LogP contribution in [0.15, 0.2) is 0 Å². The van der Waals surface area contributed by atoms with Crippen LogP contribution in [0, 0.1) is 5.92 Å². The van der Waals surface area contributed by atoms with Gasteiger partial charge < -0.3 is 26.2 Å². The van der Waals surface area contributed by atoms with Crippen LogP contribution < -0.4 is 11.1 Å². The summed E-state index contributed by atoms with van der Waals surface area (Å²) in [5, 5.41) is 21.4. The molecule has 0 unspecified atom stereocenters. The van der Waals surface area contributed by atoms with Gasteiger partial charge in [0.05, 0.1) is 12.1 Å². The SMILES string of the molecule is CC(C)C[C@H](N)C(=O)N[C@H](C(=O)N1CCC[C@@H]1C(=O)O)[C@@H](C)O. The average Bonchev–Trinajstić information content (AvgIpc) is 2.92. The number of carboxylic acids is 1. The van der Waals surface area contributed by atoms with Gasteiger partial charge in [-0.15, -0.1) is 0 Å². The molecule has 0 spiro atoms. The van der Waals surface area contributed by atoms with Crippen LogP contribution in [0.1, 0.15) is 40.0 Å². The number of hydrogen-bond donors (Lipinski definition) is 4. The molecule has 2 amide bonds. The van der Waals surface area contributed by atoms with Gasteiger partial charge in [0.15, 0.2) is 0 Å². The molecule has 1 saturated heterocycles. The number of rotatable bonds is 7. The smallest absolute Gasteiger partial charge is 0.326 e. The van der Waals surface area contributed by atoms with Gasteiger partial charge >= 0.3 is 5.97 Å². The average molecular weight is 329 g/mol. The molecule has 1 aliphatic rings. The van der Waals surface area contributed by atoms with Crippen molar-refractivity contribution in [1.82, 2.24) is 10.2 Å². The van der Waals surface area contributed by atoms with Crippen molar-refractivity contribution in [3.05, 3.63) is 0 Å². The third-order valence-electron chi connectivity index (χ3n) is 3.93. The summed E-state index contributed by atoms with van der Waals surface area (Å²) in [4.78, 5) is 37.0. The summed E-state index contributed by atoms with van der Waals surface area (Å²) in [5.74, 6) is -1.98. The van der Waals surface area contributed by atoms with Gasteiger partial charge in [-0.1, -0.05) is 13.8 Å². The van der Waals surface area contributed by atoms with Crippen molar-refractivity contribution in [2.45, 2.75) is 64.3 Å². The highest BCUT2D eigenvalue weighted by Crippen LogP contribution is 2.19. The van der Waals surface area contributed by atoms with Crippen molar-refractivity contribution in [2.75, 3.05) is 6.54 Å². The van der Waals surface area contributed by atoms with Crippen LogP contribution in [-0.4, -0.2) is 63.7 Å². The van der Waals surface area contributed by atoms with Gasteiger partial charge in [-0.05, 0) is 32.1 Å². The molecule has 0 aromatic rings. The first-order chi connectivity index (χ1) is 10.6. The molecule has 0 aromatic carbocycles. The second-order valence-electron chi connectivity index (χ2n) is 6.49. The Morgan fingerprint density at radius 2 is 1.91 bits per heavy atom. The predicted molar refractivity (Wildman–Crippen MR) is 83.4 cm³/mol. The molecule has 0 bridgehead atoms. The Balaban J connectivity index is 2.80. The van der Waals surface area contributed by atoms with Gasteiger partial charge in [-0.2, -0.15) is 0 Å². The lowest BCUT2D eigenvalue weighted by atomic mass is 10.0. The zero-order valence-electron chi connectivity index (χ0n) is 13.9. The van der Waals surface area contributed by atoms with Gasteiger partial charge in [-0.25, -0.2) is 4.79 Å². The number of aliphatic hydroxyl groups is 1. The molecule has 0 saturated carbocycles. The fraction of sp³-hybridized carbons (Fsp3) is 0.800. The van der Waals surface area contributed by atoms with Crippen LogP contribution in [0.3, 0.4) is 0 Å². The van der Waals surface area contributed by atoms with Gasteiger partial charge in [-0.3, -0.25) is 9.59 Å². The van der Waals surface area contributed by atoms with Gasteiger partial charge in [0.1, 0.15) is 12.1 Å². The second kappa shape index (κ2) is 8.26. The van der Waals surface area contributed by atoms with E-state index in [1.54, 1.807) is 0 Å². The van der Waals surface area contributed by atoms with E-state index in [0.29, 0.717) is 25.8 Å². The van der Waals surface area contributed by atoms with Crippen molar-refractivity contribution >= 4 is 17.8 Å². The van der Waals surface area contributed by atoms with Crippen LogP contribution in [0.25, 0.3) is 0 Å². The van der Waals surface area contributed by atoms with Crippen LogP contribution in [0.5, 0.6) is 0 Å². The Kier molecular flexibility index (Phi) is 6.96. The first-order valence-electron chi connectivity index (χ1n) is 7.92. The summed E-state index contributed by atoms with van der Waals surface area (Å²) in [5.41, 5.74) is 5.78. The van der Waals surface area contributed by atoms with E-state index in [1.165, 1.54) is 11.8 Å². The fourth-order valence-electron chi connectivity index (χ4n) is 2.73. The number of aliphatic carboxylic acids is 1. The Hall–Kier alpha value is -1.67. The first-order valence-corrected chi connectivity index (χ1v) is 7.92. The number of likely N-dealkylation sites (tertiary alicyclic amines) is 1. The number of carboxylic acid groups (broad SMARTS) is 1. The number of carbonyl (C=O) groups excluding carboxylic acids is 2. The number of nitrogens with one attached hydrogen (secondary N) is 1. The zero-order valence-corrected chi connectivity index (χ0v) is 13.9. The lowest BCUT2D eigenvalue weighted by Gasteiger charge is -2.29. The quantitative estimate of drug-likeness (QED) is 0.488. The van der Waals surface area contributed by atoms with E-state index in [1.807, 2.05) is 13.8 Å². The largest absolute Gasteiger partial charge is 0.480 e. The van der Waals surface area contributed by atoms with E-state index >= 15 is 0 Å². The molecule has 8 nitrogen and oxygen atoms in total. The minimum absolute atomic E-state index is 0.214. The molecule has 132 valence electrons.